The Morgan fingerprint density at radius 1 is 1.00 bits per heavy atom. The van der Waals surface area contributed by atoms with Crippen molar-refractivity contribution in [2.45, 2.75) is 25.3 Å². The number of likely N-dealkylation sites (tertiary alicyclic amines) is 1. The number of fused-ring (bicyclic) bond motifs is 2. The van der Waals surface area contributed by atoms with Gasteiger partial charge in [0.15, 0.2) is 0 Å². The summed E-state index contributed by atoms with van der Waals surface area (Å²) in [7, 11) is 0. The Bertz CT molecular complexity index is 919. The van der Waals surface area contributed by atoms with Gasteiger partial charge in [-0.3, -0.25) is 0 Å². The Labute approximate surface area is 161 Å². The number of rotatable bonds is 4. The van der Waals surface area contributed by atoms with Crippen LogP contribution >= 0.6 is 0 Å². The molecular formula is C24H26N2O. The van der Waals surface area contributed by atoms with Crippen LogP contribution in [0.4, 0.5) is 0 Å². The SMILES string of the molecule is C1=CN(C2CCN(CCc3ccc4ccccc4c3)CC2)C2=CCOC2=C1. The van der Waals surface area contributed by atoms with Crippen molar-refractivity contribution in [2.24, 2.45) is 0 Å². The molecule has 0 amide bonds. The molecule has 27 heavy (non-hydrogen) atoms. The Kier molecular flexibility index (Phi) is 4.46. The molecule has 0 radical (unpaired) electrons. The second-order valence-electron chi connectivity index (χ2n) is 7.68. The Hall–Kier alpha value is -2.52. The lowest BCUT2D eigenvalue weighted by Crippen LogP contribution is -2.43. The van der Waals surface area contributed by atoms with Crippen molar-refractivity contribution in [1.29, 1.82) is 0 Å². The van der Waals surface area contributed by atoms with Crippen molar-refractivity contribution in [3.05, 3.63) is 83.9 Å². The summed E-state index contributed by atoms with van der Waals surface area (Å²) in [5, 5.41) is 2.68. The van der Waals surface area contributed by atoms with Crippen molar-refractivity contribution in [3.63, 3.8) is 0 Å². The minimum atomic E-state index is 0.592. The fourth-order valence-corrected chi connectivity index (χ4v) is 4.48. The number of hydrogen-bond acceptors (Lipinski definition) is 3. The zero-order valence-corrected chi connectivity index (χ0v) is 15.7. The van der Waals surface area contributed by atoms with Gasteiger partial charge in [-0.2, -0.15) is 0 Å². The van der Waals surface area contributed by atoms with Crippen LogP contribution in [0.15, 0.2) is 78.3 Å². The Morgan fingerprint density at radius 2 is 1.85 bits per heavy atom. The average Bonchev–Trinajstić information content (AvgIpc) is 3.21. The van der Waals surface area contributed by atoms with Gasteiger partial charge in [0.25, 0.3) is 0 Å². The first-order valence-corrected chi connectivity index (χ1v) is 10.1. The van der Waals surface area contributed by atoms with Crippen LogP contribution in [0.25, 0.3) is 10.8 Å². The predicted octanol–water partition coefficient (Wildman–Crippen LogP) is 4.47. The van der Waals surface area contributed by atoms with Crippen molar-refractivity contribution in [3.8, 4) is 0 Å². The summed E-state index contributed by atoms with van der Waals surface area (Å²) in [6.45, 7) is 4.22. The van der Waals surface area contributed by atoms with E-state index in [1.807, 2.05) is 0 Å². The van der Waals surface area contributed by atoms with Crippen LogP contribution in [0.3, 0.4) is 0 Å². The molecule has 0 aliphatic carbocycles. The molecule has 0 spiro atoms. The van der Waals surface area contributed by atoms with E-state index in [9.17, 15) is 0 Å². The first-order chi connectivity index (χ1) is 13.4. The van der Waals surface area contributed by atoms with Crippen molar-refractivity contribution >= 4 is 10.8 Å². The molecule has 0 unspecified atom stereocenters. The highest BCUT2D eigenvalue weighted by Crippen LogP contribution is 2.31. The third-order valence-electron chi connectivity index (χ3n) is 6.02. The molecular weight excluding hydrogens is 332 g/mol. The number of ether oxygens (including phenoxy) is 1. The molecule has 0 aromatic heterocycles. The van der Waals surface area contributed by atoms with Gasteiger partial charge in [-0.05, 0) is 53.8 Å². The lowest BCUT2D eigenvalue weighted by atomic mass is 10.0. The molecule has 138 valence electrons. The summed E-state index contributed by atoms with van der Waals surface area (Å²) < 4.78 is 5.68. The number of hydrogen-bond donors (Lipinski definition) is 0. The maximum absolute atomic E-state index is 5.68. The van der Waals surface area contributed by atoms with Gasteiger partial charge < -0.3 is 14.5 Å². The topological polar surface area (TPSA) is 15.7 Å². The fraction of sp³-hybridized carbons (Fsp3) is 0.333. The van der Waals surface area contributed by atoms with Gasteiger partial charge in [-0.1, -0.05) is 42.5 Å². The second kappa shape index (κ2) is 7.24. The van der Waals surface area contributed by atoms with E-state index in [-0.39, 0.29) is 0 Å². The summed E-state index contributed by atoms with van der Waals surface area (Å²) in [5.41, 5.74) is 2.71. The highest BCUT2D eigenvalue weighted by molar-refractivity contribution is 5.82. The van der Waals surface area contributed by atoms with Crippen molar-refractivity contribution in [1.82, 2.24) is 9.80 Å². The zero-order chi connectivity index (χ0) is 18.1. The lowest BCUT2D eigenvalue weighted by molar-refractivity contribution is 0.156. The molecule has 3 nitrogen and oxygen atoms in total. The predicted molar refractivity (Wildman–Crippen MR) is 110 cm³/mol. The molecule has 2 aromatic carbocycles. The summed E-state index contributed by atoms with van der Waals surface area (Å²) in [4.78, 5) is 5.05. The average molecular weight is 358 g/mol. The van der Waals surface area contributed by atoms with E-state index in [2.05, 4.69) is 76.7 Å². The molecule has 3 heterocycles. The van der Waals surface area contributed by atoms with Gasteiger partial charge in [0.1, 0.15) is 12.4 Å². The summed E-state index contributed by atoms with van der Waals surface area (Å²) in [6, 6.07) is 16.1. The minimum absolute atomic E-state index is 0.592. The molecule has 0 N–H and O–H groups in total. The molecule has 0 atom stereocenters. The van der Waals surface area contributed by atoms with Crippen LogP contribution in [0.1, 0.15) is 18.4 Å². The van der Waals surface area contributed by atoms with Gasteiger partial charge >= 0.3 is 0 Å². The van der Waals surface area contributed by atoms with Crippen molar-refractivity contribution < 1.29 is 4.74 Å². The standard InChI is InChI=1S/C24H26N2O/c1-2-5-21-18-19(7-8-20(21)4-1)9-14-25-15-10-22(11-16-25)26-13-3-6-24-23(26)12-17-27-24/h1-8,12-13,18,22H,9-11,14-17H2. The summed E-state index contributed by atoms with van der Waals surface area (Å²) in [5.74, 6) is 1.04. The Morgan fingerprint density at radius 3 is 2.74 bits per heavy atom. The van der Waals surface area contributed by atoms with Gasteiger partial charge in [-0.15, -0.1) is 0 Å². The number of nitrogens with zero attached hydrogens (tertiary/aromatic N) is 2. The van der Waals surface area contributed by atoms with Gasteiger partial charge in [0.2, 0.25) is 0 Å². The van der Waals surface area contributed by atoms with Crippen LogP contribution in [0.2, 0.25) is 0 Å². The monoisotopic (exact) mass is 358 g/mol. The van der Waals surface area contributed by atoms with Crippen LogP contribution in [0, 0.1) is 0 Å². The number of allylic oxidation sites excluding steroid dienone is 2. The molecule has 3 aliphatic heterocycles. The fourth-order valence-electron chi connectivity index (χ4n) is 4.48. The molecule has 0 bridgehead atoms. The molecule has 1 saturated heterocycles. The van der Waals surface area contributed by atoms with E-state index in [0.29, 0.717) is 12.6 Å². The highest BCUT2D eigenvalue weighted by atomic mass is 16.5. The first kappa shape index (κ1) is 16.6. The summed E-state index contributed by atoms with van der Waals surface area (Å²) in [6.07, 6.45) is 12.2. The first-order valence-electron chi connectivity index (χ1n) is 10.1. The molecule has 5 rings (SSSR count). The third kappa shape index (κ3) is 3.40. The molecule has 2 aromatic rings. The third-order valence-corrected chi connectivity index (χ3v) is 6.02. The maximum Gasteiger partial charge on any atom is 0.143 e. The molecule has 3 heteroatoms. The summed E-state index contributed by atoms with van der Waals surface area (Å²) >= 11 is 0. The quantitative estimate of drug-likeness (QED) is 0.802. The lowest BCUT2D eigenvalue weighted by Gasteiger charge is -2.39. The van der Waals surface area contributed by atoms with Crippen molar-refractivity contribution in [2.75, 3.05) is 26.2 Å². The molecule has 3 aliphatic rings. The van der Waals surface area contributed by atoms with Gasteiger partial charge in [0, 0.05) is 31.9 Å². The zero-order valence-electron chi connectivity index (χ0n) is 15.7. The second-order valence-corrected chi connectivity index (χ2v) is 7.68. The number of benzene rings is 2. The number of piperidine rings is 1. The van der Waals surface area contributed by atoms with Crippen LogP contribution < -0.4 is 0 Å². The normalized spacial score (nSPS) is 20.4. The van der Waals surface area contributed by atoms with E-state index >= 15 is 0 Å². The van der Waals surface area contributed by atoms with Crippen LogP contribution in [-0.4, -0.2) is 42.1 Å². The van der Waals surface area contributed by atoms with Gasteiger partial charge in [0.05, 0.1) is 5.70 Å². The Balaban J connectivity index is 1.16. The largest absolute Gasteiger partial charge is 0.487 e. The van der Waals surface area contributed by atoms with E-state index in [1.54, 1.807) is 0 Å². The van der Waals surface area contributed by atoms with Crippen LogP contribution in [-0.2, 0) is 11.2 Å². The minimum Gasteiger partial charge on any atom is -0.487 e. The van der Waals surface area contributed by atoms with Gasteiger partial charge in [-0.25, -0.2) is 0 Å². The highest BCUT2D eigenvalue weighted by Gasteiger charge is 2.29. The maximum atomic E-state index is 5.68. The smallest absolute Gasteiger partial charge is 0.143 e. The van der Waals surface area contributed by atoms with E-state index in [4.69, 9.17) is 4.74 Å². The molecule has 0 saturated carbocycles. The van der Waals surface area contributed by atoms with E-state index < -0.39 is 0 Å². The van der Waals surface area contributed by atoms with E-state index in [1.165, 1.54) is 48.0 Å². The van der Waals surface area contributed by atoms with Crippen LogP contribution in [0.5, 0.6) is 0 Å². The molecule has 1 fully saturated rings. The van der Waals surface area contributed by atoms with E-state index in [0.717, 1.165) is 18.7 Å².